The number of benzene rings is 2. The van der Waals surface area contributed by atoms with Gasteiger partial charge in [-0.2, -0.15) is 0 Å². The maximum Gasteiger partial charge on any atom is 0.247 e. The molecule has 0 bridgehead atoms. The lowest BCUT2D eigenvalue weighted by atomic mass is 10.1. The van der Waals surface area contributed by atoms with Crippen LogP contribution in [0.15, 0.2) is 52.9 Å². The summed E-state index contributed by atoms with van der Waals surface area (Å²) in [5.41, 5.74) is 3.05. The predicted molar refractivity (Wildman–Crippen MR) is 97.6 cm³/mol. The molecule has 0 aliphatic rings. The minimum atomic E-state index is -0.0593. The van der Waals surface area contributed by atoms with Gasteiger partial charge in [-0.3, -0.25) is 4.79 Å². The van der Waals surface area contributed by atoms with Crippen molar-refractivity contribution in [1.29, 1.82) is 0 Å². The van der Waals surface area contributed by atoms with Gasteiger partial charge in [0.05, 0.1) is 7.11 Å². The van der Waals surface area contributed by atoms with E-state index >= 15 is 0 Å². The van der Waals surface area contributed by atoms with Crippen LogP contribution in [0.1, 0.15) is 23.4 Å². The SMILES string of the molecule is COc1ccc(CNC(=O)CCc2nnc(-c3ccc(C)cc3)o2)cc1. The Bertz CT molecular complexity index is 855. The predicted octanol–water partition coefficient (Wildman–Crippen LogP) is 3.30. The van der Waals surface area contributed by atoms with Crippen LogP contribution in [0.5, 0.6) is 5.75 Å². The Kier molecular flexibility index (Phi) is 5.63. The third-order valence-corrected chi connectivity index (χ3v) is 3.98. The van der Waals surface area contributed by atoms with Crippen LogP contribution >= 0.6 is 0 Å². The molecule has 6 heteroatoms. The zero-order chi connectivity index (χ0) is 18.4. The fourth-order valence-electron chi connectivity index (χ4n) is 2.42. The molecule has 0 spiro atoms. The van der Waals surface area contributed by atoms with Crippen LogP contribution in [0, 0.1) is 6.92 Å². The first kappa shape index (κ1) is 17.7. The van der Waals surface area contributed by atoms with Crippen LogP contribution in [0.4, 0.5) is 0 Å². The fraction of sp³-hybridized carbons (Fsp3) is 0.250. The zero-order valence-corrected chi connectivity index (χ0v) is 14.9. The second-order valence-electron chi connectivity index (χ2n) is 5.99. The second kappa shape index (κ2) is 8.29. The largest absolute Gasteiger partial charge is 0.497 e. The van der Waals surface area contributed by atoms with E-state index in [2.05, 4.69) is 15.5 Å². The van der Waals surface area contributed by atoms with Gasteiger partial charge in [0.1, 0.15) is 5.75 Å². The number of aromatic nitrogens is 2. The normalized spacial score (nSPS) is 10.5. The second-order valence-corrected chi connectivity index (χ2v) is 5.99. The molecule has 6 nitrogen and oxygen atoms in total. The van der Waals surface area contributed by atoms with Gasteiger partial charge in [0.15, 0.2) is 0 Å². The van der Waals surface area contributed by atoms with Gasteiger partial charge < -0.3 is 14.5 Å². The Morgan fingerprint density at radius 1 is 1.08 bits per heavy atom. The van der Waals surface area contributed by atoms with Crippen LogP contribution in [-0.4, -0.2) is 23.2 Å². The number of hydrogen-bond acceptors (Lipinski definition) is 5. The molecule has 1 aromatic heterocycles. The number of rotatable bonds is 7. The van der Waals surface area contributed by atoms with E-state index < -0.39 is 0 Å². The number of methoxy groups -OCH3 is 1. The summed E-state index contributed by atoms with van der Waals surface area (Å²) < 4.78 is 10.7. The van der Waals surface area contributed by atoms with Crippen LogP contribution in [-0.2, 0) is 17.8 Å². The molecule has 1 amide bonds. The maximum atomic E-state index is 12.0. The Morgan fingerprint density at radius 2 is 1.81 bits per heavy atom. The number of aryl methyl sites for hydroxylation is 2. The van der Waals surface area contributed by atoms with Crippen LogP contribution in [0.3, 0.4) is 0 Å². The Balaban J connectivity index is 1.47. The summed E-state index contributed by atoms with van der Waals surface area (Å²) in [5.74, 6) is 1.66. The number of amides is 1. The average molecular weight is 351 g/mol. The summed E-state index contributed by atoms with van der Waals surface area (Å²) >= 11 is 0. The first-order chi connectivity index (χ1) is 12.6. The molecule has 134 valence electrons. The van der Waals surface area contributed by atoms with Gasteiger partial charge in [0.2, 0.25) is 17.7 Å². The fourth-order valence-corrected chi connectivity index (χ4v) is 2.42. The number of carbonyl (C=O) groups is 1. The molecule has 0 aliphatic heterocycles. The van der Waals surface area contributed by atoms with Crippen molar-refractivity contribution in [3.8, 4) is 17.2 Å². The van der Waals surface area contributed by atoms with Gasteiger partial charge in [0.25, 0.3) is 0 Å². The van der Waals surface area contributed by atoms with Gasteiger partial charge in [-0.25, -0.2) is 0 Å². The van der Waals surface area contributed by atoms with Crippen molar-refractivity contribution in [2.24, 2.45) is 0 Å². The highest BCUT2D eigenvalue weighted by Crippen LogP contribution is 2.18. The Labute approximate surface area is 152 Å². The number of ether oxygens (including phenoxy) is 1. The summed E-state index contributed by atoms with van der Waals surface area (Å²) in [7, 11) is 1.62. The molecule has 1 heterocycles. The maximum absolute atomic E-state index is 12.0. The number of nitrogens with zero attached hydrogens (tertiary/aromatic N) is 2. The molecule has 0 saturated heterocycles. The molecule has 0 unspecified atom stereocenters. The van der Waals surface area contributed by atoms with Gasteiger partial charge >= 0.3 is 0 Å². The minimum Gasteiger partial charge on any atom is -0.497 e. The molecule has 2 aromatic carbocycles. The van der Waals surface area contributed by atoms with E-state index in [0.29, 0.717) is 31.2 Å². The monoisotopic (exact) mass is 351 g/mol. The van der Waals surface area contributed by atoms with Crippen LogP contribution < -0.4 is 10.1 Å². The van der Waals surface area contributed by atoms with Gasteiger partial charge in [-0.05, 0) is 36.8 Å². The molecule has 0 saturated carbocycles. The number of nitrogens with one attached hydrogen (secondary N) is 1. The van der Waals surface area contributed by atoms with E-state index in [0.717, 1.165) is 16.9 Å². The van der Waals surface area contributed by atoms with Crippen molar-refractivity contribution < 1.29 is 13.9 Å². The molecular weight excluding hydrogens is 330 g/mol. The summed E-state index contributed by atoms with van der Waals surface area (Å²) in [6.45, 7) is 2.49. The summed E-state index contributed by atoms with van der Waals surface area (Å²) in [5, 5.41) is 10.9. The van der Waals surface area contributed by atoms with Crippen LogP contribution in [0.2, 0.25) is 0 Å². The highest BCUT2D eigenvalue weighted by Gasteiger charge is 2.10. The standard InChI is InChI=1S/C20H21N3O3/c1-14-3-7-16(8-4-14)20-23-22-19(26-20)12-11-18(24)21-13-15-5-9-17(25-2)10-6-15/h3-10H,11-13H2,1-2H3,(H,21,24). The summed E-state index contributed by atoms with van der Waals surface area (Å²) in [6, 6.07) is 15.4. The first-order valence-electron chi connectivity index (χ1n) is 8.43. The molecule has 26 heavy (non-hydrogen) atoms. The number of carbonyl (C=O) groups excluding carboxylic acids is 1. The highest BCUT2D eigenvalue weighted by atomic mass is 16.5. The topological polar surface area (TPSA) is 77.2 Å². The molecule has 0 radical (unpaired) electrons. The molecule has 0 aliphatic carbocycles. The van der Waals surface area contributed by atoms with Crippen molar-refractivity contribution >= 4 is 5.91 Å². The third-order valence-electron chi connectivity index (χ3n) is 3.98. The highest BCUT2D eigenvalue weighted by molar-refractivity contribution is 5.76. The molecular formula is C20H21N3O3. The van der Waals surface area contributed by atoms with Gasteiger partial charge in [-0.15, -0.1) is 10.2 Å². The smallest absolute Gasteiger partial charge is 0.247 e. The van der Waals surface area contributed by atoms with E-state index in [9.17, 15) is 4.79 Å². The van der Waals surface area contributed by atoms with Crippen molar-refractivity contribution in [2.75, 3.05) is 7.11 Å². The zero-order valence-electron chi connectivity index (χ0n) is 14.9. The van der Waals surface area contributed by atoms with Gasteiger partial charge in [0, 0.05) is 24.9 Å². The number of hydrogen-bond donors (Lipinski definition) is 1. The van der Waals surface area contributed by atoms with Crippen molar-refractivity contribution in [3.05, 3.63) is 65.5 Å². The summed E-state index contributed by atoms with van der Waals surface area (Å²) in [6.07, 6.45) is 0.707. The average Bonchev–Trinajstić information content (AvgIpc) is 3.14. The molecule has 0 atom stereocenters. The minimum absolute atomic E-state index is 0.0593. The van der Waals surface area contributed by atoms with E-state index in [1.165, 1.54) is 5.56 Å². The van der Waals surface area contributed by atoms with Gasteiger partial charge in [-0.1, -0.05) is 29.8 Å². The van der Waals surface area contributed by atoms with Crippen LogP contribution in [0.25, 0.3) is 11.5 Å². The van der Waals surface area contributed by atoms with E-state index in [1.54, 1.807) is 7.11 Å². The lowest BCUT2D eigenvalue weighted by Crippen LogP contribution is -2.23. The van der Waals surface area contributed by atoms with E-state index in [-0.39, 0.29) is 5.91 Å². The molecule has 1 N–H and O–H groups in total. The lowest BCUT2D eigenvalue weighted by Gasteiger charge is -2.05. The third kappa shape index (κ3) is 4.69. The van der Waals surface area contributed by atoms with Crippen molar-refractivity contribution in [1.82, 2.24) is 15.5 Å². The molecule has 3 aromatic rings. The van der Waals surface area contributed by atoms with Crippen molar-refractivity contribution in [2.45, 2.75) is 26.3 Å². The Hall–Kier alpha value is -3.15. The quantitative estimate of drug-likeness (QED) is 0.707. The van der Waals surface area contributed by atoms with E-state index in [4.69, 9.17) is 9.15 Å². The molecule has 0 fully saturated rings. The molecule has 3 rings (SSSR count). The van der Waals surface area contributed by atoms with Crippen molar-refractivity contribution in [3.63, 3.8) is 0 Å². The van der Waals surface area contributed by atoms with E-state index in [1.807, 2.05) is 55.5 Å². The lowest BCUT2D eigenvalue weighted by molar-refractivity contribution is -0.121. The first-order valence-corrected chi connectivity index (χ1v) is 8.43. The summed E-state index contributed by atoms with van der Waals surface area (Å²) in [4.78, 5) is 12.0. The Morgan fingerprint density at radius 3 is 2.50 bits per heavy atom.